The van der Waals surface area contributed by atoms with E-state index in [-0.39, 0.29) is 11.0 Å². The number of rotatable bonds is 7. The van der Waals surface area contributed by atoms with Gasteiger partial charge in [0, 0.05) is 18.5 Å². The first kappa shape index (κ1) is 15.6. The van der Waals surface area contributed by atoms with Crippen LogP contribution in [0.3, 0.4) is 0 Å². The van der Waals surface area contributed by atoms with E-state index in [1.165, 1.54) is 51.4 Å². The zero-order chi connectivity index (χ0) is 13.7. The Labute approximate surface area is 123 Å². The Hall–Kier alpha value is 0.210. The zero-order valence-electron chi connectivity index (χ0n) is 12.6. The summed E-state index contributed by atoms with van der Waals surface area (Å²) < 4.78 is 6.30. The Morgan fingerprint density at radius 3 is 2.53 bits per heavy atom. The van der Waals surface area contributed by atoms with Gasteiger partial charge in [-0.1, -0.05) is 39.5 Å². The van der Waals surface area contributed by atoms with Crippen molar-refractivity contribution in [2.24, 2.45) is 5.92 Å². The van der Waals surface area contributed by atoms with Crippen molar-refractivity contribution in [2.75, 3.05) is 13.1 Å². The number of ether oxygens (including phenoxy) is 1. The molecule has 0 aromatic rings. The molecule has 2 rings (SSSR count). The maximum absolute atomic E-state index is 6.45. The molecule has 1 saturated heterocycles. The molecular weight excluding hydrogens is 258 g/mol. The number of hydrogen-bond donors (Lipinski definition) is 1. The van der Waals surface area contributed by atoms with Crippen LogP contribution >= 0.6 is 11.6 Å². The van der Waals surface area contributed by atoms with Gasteiger partial charge >= 0.3 is 0 Å². The van der Waals surface area contributed by atoms with Crippen LogP contribution in [0.2, 0.25) is 0 Å². The van der Waals surface area contributed by atoms with Gasteiger partial charge in [-0.05, 0) is 31.6 Å². The van der Waals surface area contributed by atoms with Crippen LogP contribution in [-0.4, -0.2) is 30.2 Å². The molecule has 112 valence electrons. The predicted octanol–water partition coefficient (Wildman–Crippen LogP) is 4.11. The summed E-state index contributed by atoms with van der Waals surface area (Å²) >= 11 is 6.45. The summed E-state index contributed by atoms with van der Waals surface area (Å²) in [6, 6.07) is 0. The van der Waals surface area contributed by atoms with Crippen LogP contribution in [0.5, 0.6) is 0 Å². The quantitative estimate of drug-likeness (QED) is 0.712. The second kappa shape index (κ2) is 7.28. The monoisotopic (exact) mass is 287 g/mol. The molecular formula is C16H30ClNO. The summed E-state index contributed by atoms with van der Waals surface area (Å²) in [6.45, 7) is 6.35. The molecule has 1 aliphatic carbocycles. The molecule has 2 unspecified atom stereocenters. The number of alkyl halides is 1. The topological polar surface area (TPSA) is 21.3 Å². The average molecular weight is 288 g/mol. The lowest BCUT2D eigenvalue weighted by atomic mass is 9.98. The van der Waals surface area contributed by atoms with E-state index in [0.717, 1.165) is 13.1 Å². The van der Waals surface area contributed by atoms with E-state index < -0.39 is 0 Å². The molecule has 0 aromatic carbocycles. The molecule has 1 N–H and O–H groups in total. The maximum atomic E-state index is 6.45. The van der Waals surface area contributed by atoms with Gasteiger partial charge in [-0.15, -0.1) is 11.6 Å². The van der Waals surface area contributed by atoms with E-state index in [2.05, 4.69) is 19.2 Å². The third kappa shape index (κ3) is 4.09. The number of halogens is 1. The molecule has 0 bridgehead atoms. The highest BCUT2D eigenvalue weighted by molar-refractivity contribution is 6.21. The van der Waals surface area contributed by atoms with E-state index in [9.17, 15) is 0 Å². The van der Waals surface area contributed by atoms with Crippen molar-refractivity contribution in [3.8, 4) is 0 Å². The van der Waals surface area contributed by atoms with Crippen LogP contribution in [0.15, 0.2) is 0 Å². The smallest absolute Gasteiger partial charge is 0.0708 e. The molecule has 1 heterocycles. The largest absolute Gasteiger partial charge is 0.370 e. The van der Waals surface area contributed by atoms with E-state index in [4.69, 9.17) is 16.3 Å². The summed E-state index contributed by atoms with van der Waals surface area (Å²) in [4.78, 5) is 0. The van der Waals surface area contributed by atoms with Crippen LogP contribution in [0.25, 0.3) is 0 Å². The molecule has 2 atom stereocenters. The first-order valence-corrected chi connectivity index (χ1v) is 8.65. The lowest BCUT2D eigenvalue weighted by Gasteiger charge is -2.24. The van der Waals surface area contributed by atoms with Gasteiger partial charge in [0.2, 0.25) is 0 Å². The predicted molar refractivity (Wildman–Crippen MR) is 81.9 cm³/mol. The average Bonchev–Trinajstić information content (AvgIpc) is 3.02. The van der Waals surface area contributed by atoms with Crippen molar-refractivity contribution in [3.05, 3.63) is 0 Å². The SMILES string of the molecule is CCC(CC)C(Cl)CNCC1CCC2(CCCC2)O1. The van der Waals surface area contributed by atoms with Gasteiger partial charge in [0.05, 0.1) is 11.7 Å². The fraction of sp³-hybridized carbons (Fsp3) is 1.00. The summed E-state index contributed by atoms with van der Waals surface area (Å²) in [5.41, 5.74) is 0.266. The minimum absolute atomic E-state index is 0.261. The molecule has 1 saturated carbocycles. The lowest BCUT2D eigenvalue weighted by Crippen LogP contribution is -2.35. The fourth-order valence-corrected chi connectivity index (χ4v) is 4.24. The van der Waals surface area contributed by atoms with Gasteiger partial charge in [-0.2, -0.15) is 0 Å². The van der Waals surface area contributed by atoms with Crippen molar-refractivity contribution >= 4 is 11.6 Å². The van der Waals surface area contributed by atoms with Crippen molar-refractivity contribution in [1.29, 1.82) is 0 Å². The molecule has 3 heteroatoms. The molecule has 2 aliphatic rings. The van der Waals surface area contributed by atoms with Crippen LogP contribution in [-0.2, 0) is 4.74 Å². The molecule has 1 spiro atoms. The van der Waals surface area contributed by atoms with Gasteiger partial charge in [-0.3, -0.25) is 0 Å². The van der Waals surface area contributed by atoms with Gasteiger partial charge in [0.25, 0.3) is 0 Å². The van der Waals surface area contributed by atoms with Crippen molar-refractivity contribution in [2.45, 2.75) is 82.3 Å². The molecule has 2 nitrogen and oxygen atoms in total. The van der Waals surface area contributed by atoms with Gasteiger partial charge in [-0.25, -0.2) is 0 Å². The number of hydrogen-bond acceptors (Lipinski definition) is 2. The van der Waals surface area contributed by atoms with Crippen molar-refractivity contribution in [3.63, 3.8) is 0 Å². The second-order valence-electron chi connectivity index (χ2n) is 6.42. The Morgan fingerprint density at radius 2 is 1.89 bits per heavy atom. The highest BCUT2D eigenvalue weighted by Gasteiger charge is 2.41. The number of nitrogens with one attached hydrogen (secondary N) is 1. The second-order valence-corrected chi connectivity index (χ2v) is 6.98. The first-order valence-electron chi connectivity index (χ1n) is 8.21. The third-order valence-corrected chi connectivity index (χ3v) is 5.64. The Morgan fingerprint density at radius 1 is 1.21 bits per heavy atom. The Kier molecular flexibility index (Phi) is 5.98. The summed E-state index contributed by atoms with van der Waals surface area (Å²) in [5.74, 6) is 0.639. The van der Waals surface area contributed by atoms with Crippen LogP contribution in [0, 0.1) is 5.92 Å². The van der Waals surface area contributed by atoms with Crippen LogP contribution < -0.4 is 5.32 Å². The highest BCUT2D eigenvalue weighted by Crippen LogP contribution is 2.43. The van der Waals surface area contributed by atoms with E-state index in [0.29, 0.717) is 12.0 Å². The molecule has 2 fully saturated rings. The normalized spacial score (nSPS) is 27.5. The molecule has 19 heavy (non-hydrogen) atoms. The Bertz CT molecular complexity index is 261. The van der Waals surface area contributed by atoms with Crippen LogP contribution in [0.4, 0.5) is 0 Å². The maximum Gasteiger partial charge on any atom is 0.0708 e. The molecule has 1 aliphatic heterocycles. The van der Waals surface area contributed by atoms with E-state index >= 15 is 0 Å². The fourth-order valence-electron chi connectivity index (χ4n) is 3.78. The van der Waals surface area contributed by atoms with Gasteiger partial charge in [0.1, 0.15) is 0 Å². The van der Waals surface area contributed by atoms with Crippen molar-refractivity contribution < 1.29 is 4.74 Å². The van der Waals surface area contributed by atoms with Crippen molar-refractivity contribution in [1.82, 2.24) is 5.32 Å². The van der Waals surface area contributed by atoms with Gasteiger partial charge < -0.3 is 10.1 Å². The highest BCUT2D eigenvalue weighted by atomic mass is 35.5. The van der Waals surface area contributed by atoms with E-state index in [1.54, 1.807) is 0 Å². The minimum atomic E-state index is 0.261. The molecule has 0 amide bonds. The summed E-state index contributed by atoms with van der Waals surface area (Å²) in [5, 5.41) is 3.79. The zero-order valence-corrected chi connectivity index (χ0v) is 13.3. The lowest BCUT2D eigenvalue weighted by molar-refractivity contribution is -0.0350. The van der Waals surface area contributed by atoms with Gasteiger partial charge in [0.15, 0.2) is 0 Å². The van der Waals surface area contributed by atoms with E-state index in [1.807, 2.05) is 0 Å². The molecule has 0 aromatic heterocycles. The molecule has 0 radical (unpaired) electrons. The standard InChI is InChI=1S/C16H30ClNO/c1-3-13(4-2)15(17)12-18-11-14-7-10-16(19-14)8-5-6-9-16/h13-15,18H,3-12H2,1-2H3. The summed E-state index contributed by atoms with van der Waals surface area (Å²) in [6.07, 6.45) is 10.6. The summed E-state index contributed by atoms with van der Waals surface area (Å²) in [7, 11) is 0. The first-order chi connectivity index (χ1) is 9.19. The third-order valence-electron chi connectivity index (χ3n) is 5.12. The Balaban J connectivity index is 1.64. The minimum Gasteiger partial charge on any atom is -0.370 e. The van der Waals surface area contributed by atoms with Crippen LogP contribution in [0.1, 0.15) is 65.2 Å².